The first-order chi connectivity index (χ1) is 14.6. The number of hydrogen-bond acceptors (Lipinski definition) is 3. The van der Waals surface area contributed by atoms with Gasteiger partial charge in [-0.3, -0.25) is 4.98 Å². The summed E-state index contributed by atoms with van der Waals surface area (Å²) in [5.41, 5.74) is 4.07. The molecule has 3 nitrogen and oxygen atoms in total. The van der Waals surface area contributed by atoms with Crippen molar-refractivity contribution in [1.82, 2.24) is 9.88 Å². The van der Waals surface area contributed by atoms with Crippen molar-refractivity contribution < 1.29 is 4.39 Å². The standard InChI is InChI=1S/C26H26FN3/c1-20(7-10-23-5-2-4-22-6-3-15-29-25(22)23)30-16-13-26(19-28,14-17-30)18-21-8-11-24(27)12-9-21/h2-6,8-9,11-12,15H,1,7,10,13-14,16-18H2. The largest absolute Gasteiger partial charge is 0.375 e. The van der Waals surface area contributed by atoms with Gasteiger partial charge in [-0.15, -0.1) is 0 Å². The molecule has 0 spiro atoms. The summed E-state index contributed by atoms with van der Waals surface area (Å²) in [6.45, 7) is 5.99. The highest BCUT2D eigenvalue weighted by molar-refractivity contribution is 5.81. The Labute approximate surface area is 177 Å². The van der Waals surface area contributed by atoms with E-state index in [1.54, 1.807) is 12.1 Å². The fourth-order valence-electron chi connectivity index (χ4n) is 4.38. The molecule has 0 saturated carbocycles. The quantitative estimate of drug-likeness (QED) is 0.536. The maximum absolute atomic E-state index is 13.2. The van der Waals surface area contributed by atoms with E-state index in [2.05, 4.69) is 46.8 Å². The van der Waals surface area contributed by atoms with Crippen LogP contribution in [0.3, 0.4) is 0 Å². The van der Waals surface area contributed by atoms with Crippen LogP contribution in [-0.4, -0.2) is 23.0 Å². The van der Waals surface area contributed by atoms with E-state index in [0.717, 1.165) is 60.9 Å². The molecule has 0 aliphatic carbocycles. The summed E-state index contributed by atoms with van der Waals surface area (Å²) in [6.07, 6.45) is 5.90. The van der Waals surface area contributed by atoms with Gasteiger partial charge in [0.05, 0.1) is 17.0 Å². The van der Waals surface area contributed by atoms with E-state index in [1.165, 1.54) is 17.7 Å². The van der Waals surface area contributed by atoms with Gasteiger partial charge < -0.3 is 4.90 Å². The van der Waals surface area contributed by atoms with E-state index in [1.807, 2.05) is 12.3 Å². The minimum atomic E-state index is -0.381. The summed E-state index contributed by atoms with van der Waals surface area (Å²) in [6, 6.07) is 19.5. The van der Waals surface area contributed by atoms with E-state index in [9.17, 15) is 9.65 Å². The molecule has 0 atom stereocenters. The zero-order valence-electron chi connectivity index (χ0n) is 17.1. The number of aromatic nitrogens is 1. The highest BCUT2D eigenvalue weighted by Gasteiger charge is 2.35. The van der Waals surface area contributed by atoms with Crippen molar-refractivity contribution >= 4 is 10.9 Å². The van der Waals surface area contributed by atoms with Crippen LogP contribution in [0.25, 0.3) is 10.9 Å². The number of fused-ring (bicyclic) bond motifs is 1. The number of likely N-dealkylation sites (tertiary alicyclic amines) is 1. The fourth-order valence-corrected chi connectivity index (χ4v) is 4.38. The highest BCUT2D eigenvalue weighted by atomic mass is 19.1. The zero-order valence-corrected chi connectivity index (χ0v) is 17.1. The lowest BCUT2D eigenvalue weighted by Gasteiger charge is -2.39. The van der Waals surface area contributed by atoms with Crippen LogP contribution in [0, 0.1) is 22.6 Å². The van der Waals surface area contributed by atoms with E-state index in [4.69, 9.17) is 0 Å². The smallest absolute Gasteiger partial charge is 0.123 e. The summed E-state index contributed by atoms with van der Waals surface area (Å²) < 4.78 is 13.2. The van der Waals surface area contributed by atoms with Crippen molar-refractivity contribution in [3.63, 3.8) is 0 Å². The van der Waals surface area contributed by atoms with Crippen LogP contribution >= 0.6 is 0 Å². The molecule has 30 heavy (non-hydrogen) atoms. The van der Waals surface area contributed by atoms with Crippen LogP contribution in [0.2, 0.25) is 0 Å². The minimum Gasteiger partial charge on any atom is -0.375 e. The van der Waals surface area contributed by atoms with Gasteiger partial charge in [0, 0.05) is 30.4 Å². The number of nitrogens with zero attached hydrogens (tertiary/aromatic N) is 3. The van der Waals surface area contributed by atoms with Crippen LogP contribution in [0.15, 0.2) is 73.1 Å². The molecule has 2 heterocycles. The molecule has 2 aromatic carbocycles. The number of allylic oxidation sites excluding steroid dienone is 1. The van der Waals surface area contributed by atoms with E-state index in [0.29, 0.717) is 6.42 Å². The molecule has 1 aliphatic heterocycles. The number of pyridine rings is 1. The molecule has 1 aromatic heterocycles. The maximum atomic E-state index is 13.2. The van der Waals surface area contributed by atoms with Gasteiger partial charge in [0.25, 0.3) is 0 Å². The molecule has 0 bridgehead atoms. The van der Waals surface area contributed by atoms with Gasteiger partial charge >= 0.3 is 0 Å². The summed E-state index contributed by atoms with van der Waals surface area (Å²) in [4.78, 5) is 6.86. The van der Waals surface area contributed by atoms with Gasteiger partial charge in [-0.2, -0.15) is 5.26 Å². The van der Waals surface area contributed by atoms with Gasteiger partial charge in [0.1, 0.15) is 5.82 Å². The lowest BCUT2D eigenvalue weighted by atomic mass is 9.75. The van der Waals surface area contributed by atoms with E-state index >= 15 is 0 Å². The third-order valence-corrected chi connectivity index (χ3v) is 6.26. The molecule has 1 aliphatic rings. The Morgan fingerprint density at radius 1 is 1.10 bits per heavy atom. The van der Waals surface area contributed by atoms with Crippen molar-refractivity contribution in [1.29, 1.82) is 5.26 Å². The summed E-state index contributed by atoms with van der Waals surface area (Å²) in [5, 5.41) is 11.0. The van der Waals surface area contributed by atoms with Gasteiger partial charge in [-0.05, 0) is 61.4 Å². The fraction of sp³-hybridized carbons (Fsp3) is 0.308. The molecule has 4 heteroatoms. The molecule has 0 N–H and O–H groups in total. The second kappa shape index (κ2) is 8.67. The number of nitriles is 1. The first-order valence-corrected chi connectivity index (χ1v) is 10.5. The molecule has 152 valence electrons. The lowest BCUT2D eigenvalue weighted by Crippen LogP contribution is -2.40. The normalized spacial score (nSPS) is 15.7. The van der Waals surface area contributed by atoms with Crippen molar-refractivity contribution in [2.24, 2.45) is 5.41 Å². The summed E-state index contributed by atoms with van der Waals surface area (Å²) in [7, 11) is 0. The molecule has 4 rings (SSSR count). The maximum Gasteiger partial charge on any atom is 0.123 e. The van der Waals surface area contributed by atoms with Gasteiger partial charge in [-0.1, -0.05) is 43.0 Å². The number of aryl methyl sites for hydroxylation is 1. The van der Waals surface area contributed by atoms with Crippen molar-refractivity contribution in [2.75, 3.05) is 13.1 Å². The minimum absolute atomic E-state index is 0.239. The molecule has 1 fully saturated rings. The second-order valence-electron chi connectivity index (χ2n) is 8.24. The predicted octanol–water partition coefficient (Wildman–Crippen LogP) is 5.67. The third kappa shape index (κ3) is 4.36. The number of piperidine rings is 1. The highest BCUT2D eigenvalue weighted by Crippen LogP contribution is 2.36. The first kappa shape index (κ1) is 20.1. The summed E-state index contributed by atoms with van der Waals surface area (Å²) in [5.74, 6) is -0.239. The predicted molar refractivity (Wildman–Crippen MR) is 118 cm³/mol. The Morgan fingerprint density at radius 2 is 1.83 bits per heavy atom. The monoisotopic (exact) mass is 399 g/mol. The molecular weight excluding hydrogens is 373 g/mol. The number of halogens is 1. The third-order valence-electron chi connectivity index (χ3n) is 6.26. The molecule has 0 unspecified atom stereocenters. The van der Waals surface area contributed by atoms with Crippen LogP contribution in [0.1, 0.15) is 30.4 Å². The van der Waals surface area contributed by atoms with Crippen molar-refractivity contribution in [3.05, 3.63) is 90.0 Å². The molecule has 0 radical (unpaired) electrons. The van der Waals surface area contributed by atoms with E-state index in [-0.39, 0.29) is 11.2 Å². The molecule has 0 amide bonds. The SMILES string of the molecule is C=C(CCc1cccc2cccnc12)N1CCC(C#N)(Cc2ccc(F)cc2)CC1. The van der Waals surface area contributed by atoms with Gasteiger partial charge in [0.2, 0.25) is 0 Å². The molecule has 1 saturated heterocycles. The summed E-state index contributed by atoms with van der Waals surface area (Å²) >= 11 is 0. The molecule has 3 aromatic rings. The first-order valence-electron chi connectivity index (χ1n) is 10.5. The topological polar surface area (TPSA) is 39.9 Å². The number of rotatable bonds is 6. The Balaban J connectivity index is 1.35. The zero-order chi connectivity index (χ0) is 21.0. The number of benzene rings is 2. The van der Waals surface area contributed by atoms with Crippen LogP contribution < -0.4 is 0 Å². The Kier molecular flexibility index (Phi) is 5.81. The van der Waals surface area contributed by atoms with Gasteiger partial charge in [-0.25, -0.2) is 4.39 Å². The second-order valence-corrected chi connectivity index (χ2v) is 8.24. The molecular formula is C26H26FN3. The van der Waals surface area contributed by atoms with Gasteiger partial charge in [0.15, 0.2) is 0 Å². The van der Waals surface area contributed by atoms with Crippen molar-refractivity contribution in [2.45, 2.75) is 32.1 Å². The van der Waals surface area contributed by atoms with Crippen LogP contribution in [0.5, 0.6) is 0 Å². The Bertz CT molecular complexity index is 1070. The number of para-hydroxylation sites is 1. The Hall–Kier alpha value is -3.19. The lowest BCUT2D eigenvalue weighted by molar-refractivity contribution is 0.173. The average molecular weight is 400 g/mol. The Morgan fingerprint density at radius 3 is 2.57 bits per heavy atom. The average Bonchev–Trinajstić information content (AvgIpc) is 2.79. The van der Waals surface area contributed by atoms with Crippen LogP contribution in [0.4, 0.5) is 4.39 Å². The number of hydrogen-bond donors (Lipinski definition) is 0. The van der Waals surface area contributed by atoms with Crippen LogP contribution in [-0.2, 0) is 12.8 Å². The van der Waals surface area contributed by atoms with Crippen molar-refractivity contribution in [3.8, 4) is 6.07 Å². The van der Waals surface area contributed by atoms with E-state index < -0.39 is 0 Å².